The Morgan fingerprint density at radius 2 is 2.00 bits per heavy atom. The summed E-state index contributed by atoms with van der Waals surface area (Å²) in [5.74, 6) is 0.381. The van der Waals surface area contributed by atoms with E-state index in [4.69, 9.17) is 23.2 Å². The van der Waals surface area contributed by atoms with Gasteiger partial charge in [-0.15, -0.1) is 0 Å². The molecule has 114 valence electrons. The largest absolute Gasteiger partial charge is 0.361 e. The predicted octanol–water partition coefficient (Wildman–Crippen LogP) is 4.26. The molecule has 5 nitrogen and oxygen atoms in total. The highest BCUT2D eigenvalue weighted by Gasteiger charge is 2.21. The predicted molar refractivity (Wildman–Crippen MR) is 92.7 cm³/mol. The van der Waals surface area contributed by atoms with Gasteiger partial charge in [0.15, 0.2) is 5.82 Å². The Bertz CT molecular complexity index is 903. The second kappa shape index (κ2) is 5.58. The van der Waals surface area contributed by atoms with E-state index in [1.165, 1.54) is 6.20 Å². The molecular weight excluding hydrogens is 342 g/mol. The lowest BCUT2D eigenvalue weighted by atomic mass is 10.2. The fraction of sp³-hybridized carbons (Fsp3) is 0.143. The van der Waals surface area contributed by atoms with Crippen LogP contribution >= 0.6 is 30.3 Å². The molecule has 0 atom stereocenters. The van der Waals surface area contributed by atoms with Crippen LogP contribution < -0.4 is 10.6 Å². The van der Waals surface area contributed by atoms with E-state index in [2.05, 4.69) is 20.3 Å². The molecule has 0 aliphatic carbocycles. The van der Waals surface area contributed by atoms with Gasteiger partial charge in [-0.2, -0.15) is 4.98 Å². The van der Waals surface area contributed by atoms with Crippen molar-refractivity contribution >= 4 is 58.1 Å². The molecule has 2 heterocycles. The molecular formula is C14H13Cl2N4OP. The zero-order valence-corrected chi connectivity index (χ0v) is 14.3. The molecule has 0 radical (unpaired) electrons. The molecule has 3 rings (SSSR count). The number of benzene rings is 1. The van der Waals surface area contributed by atoms with Crippen LogP contribution in [0.3, 0.4) is 0 Å². The first-order chi connectivity index (χ1) is 10.4. The van der Waals surface area contributed by atoms with Gasteiger partial charge in [0.05, 0.1) is 11.9 Å². The molecule has 0 fully saturated rings. The molecule has 2 N–H and O–H groups in total. The van der Waals surface area contributed by atoms with Crippen molar-refractivity contribution in [1.82, 2.24) is 15.0 Å². The van der Waals surface area contributed by atoms with E-state index in [1.807, 2.05) is 24.4 Å². The molecule has 0 spiro atoms. The standard InChI is InChI=1S/C14H13Cl2N4OP/c1-22(2,21)12-8-5-6-17-10(8)3-4-11(12)19-13-9(15)7-18-14(16)20-13/h3-7,17H,1-2H3,(H,18,19,20). The number of H-pyrrole nitrogens is 1. The van der Waals surface area contributed by atoms with E-state index in [0.29, 0.717) is 16.5 Å². The number of aromatic amines is 1. The Balaban J connectivity index is 2.18. The topological polar surface area (TPSA) is 70.7 Å². The Hall–Kier alpha value is -1.55. The number of hydrogen-bond acceptors (Lipinski definition) is 4. The van der Waals surface area contributed by atoms with Crippen LogP contribution in [-0.2, 0) is 4.57 Å². The smallest absolute Gasteiger partial charge is 0.224 e. The van der Waals surface area contributed by atoms with Gasteiger partial charge in [0.25, 0.3) is 0 Å². The summed E-state index contributed by atoms with van der Waals surface area (Å²) >= 11 is 11.9. The number of fused-ring (bicyclic) bond motifs is 1. The van der Waals surface area contributed by atoms with Crippen molar-refractivity contribution in [2.24, 2.45) is 0 Å². The molecule has 0 unspecified atom stereocenters. The van der Waals surface area contributed by atoms with Crippen LogP contribution in [0.2, 0.25) is 10.3 Å². The third kappa shape index (κ3) is 2.84. The number of anilines is 2. The van der Waals surface area contributed by atoms with E-state index < -0.39 is 7.14 Å². The number of hydrogen-bond donors (Lipinski definition) is 2. The summed E-state index contributed by atoms with van der Waals surface area (Å²) in [5.41, 5.74) is 1.62. The van der Waals surface area contributed by atoms with Crippen molar-refractivity contribution in [3.63, 3.8) is 0 Å². The SMILES string of the molecule is CP(C)(=O)c1c(Nc2nc(Cl)ncc2Cl)ccc2[nH]ccc12. The molecule has 3 aromatic rings. The lowest BCUT2D eigenvalue weighted by Crippen LogP contribution is -2.11. The number of nitrogens with one attached hydrogen (secondary N) is 2. The van der Waals surface area contributed by atoms with Crippen LogP contribution in [0, 0.1) is 0 Å². The normalized spacial score (nSPS) is 11.8. The monoisotopic (exact) mass is 354 g/mol. The zero-order chi connectivity index (χ0) is 15.9. The summed E-state index contributed by atoms with van der Waals surface area (Å²) in [6, 6.07) is 5.66. The first-order valence-electron chi connectivity index (χ1n) is 6.47. The third-order valence-electron chi connectivity index (χ3n) is 3.21. The number of nitrogens with zero attached hydrogens (tertiary/aromatic N) is 2. The fourth-order valence-electron chi connectivity index (χ4n) is 2.36. The van der Waals surface area contributed by atoms with Crippen molar-refractivity contribution in [2.75, 3.05) is 18.6 Å². The Morgan fingerprint density at radius 1 is 1.23 bits per heavy atom. The van der Waals surface area contributed by atoms with Crippen LogP contribution in [0.1, 0.15) is 0 Å². The average Bonchev–Trinajstić information content (AvgIpc) is 2.89. The lowest BCUT2D eigenvalue weighted by molar-refractivity contribution is 0.588. The summed E-state index contributed by atoms with van der Waals surface area (Å²) < 4.78 is 12.7. The van der Waals surface area contributed by atoms with E-state index in [-0.39, 0.29) is 5.28 Å². The van der Waals surface area contributed by atoms with Gasteiger partial charge in [0.2, 0.25) is 5.28 Å². The fourth-order valence-corrected chi connectivity index (χ4v) is 4.12. The maximum Gasteiger partial charge on any atom is 0.224 e. The Labute approximate surface area is 137 Å². The van der Waals surface area contributed by atoms with E-state index >= 15 is 0 Å². The van der Waals surface area contributed by atoms with Gasteiger partial charge >= 0.3 is 0 Å². The van der Waals surface area contributed by atoms with Crippen LogP contribution in [0.15, 0.2) is 30.6 Å². The van der Waals surface area contributed by atoms with Crippen molar-refractivity contribution in [1.29, 1.82) is 0 Å². The van der Waals surface area contributed by atoms with Gasteiger partial charge in [-0.1, -0.05) is 11.6 Å². The summed E-state index contributed by atoms with van der Waals surface area (Å²) in [6.07, 6.45) is 3.24. The zero-order valence-electron chi connectivity index (χ0n) is 11.9. The highest BCUT2D eigenvalue weighted by atomic mass is 35.5. The van der Waals surface area contributed by atoms with Crippen molar-refractivity contribution in [3.8, 4) is 0 Å². The van der Waals surface area contributed by atoms with Crippen LogP contribution in [0.5, 0.6) is 0 Å². The molecule has 8 heteroatoms. The first-order valence-corrected chi connectivity index (χ1v) is 9.82. The highest BCUT2D eigenvalue weighted by Crippen LogP contribution is 2.41. The summed E-state index contributed by atoms with van der Waals surface area (Å²) in [6.45, 7) is 3.46. The number of aromatic nitrogens is 3. The minimum atomic E-state index is -2.53. The molecule has 22 heavy (non-hydrogen) atoms. The van der Waals surface area contributed by atoms with Gasteiger partial charge in [-0.25, -0.2) is 4.98 Å². The summed E-state index contributed by atoms with van der Waals surface area (Å²) in [4.78, 5) is 11.0. The summed E-state index contributed by atoms with van der Waals surface area (Å²) in [7, 11) is -2.53. The molecule has 0 bridgehead atoms. The third-order valence-corrected chi connectivity index (χ3v) is 5.23. The van der Waals surface area contributed by atoms with Crippen LogP contribution in [-0.4, -0.2) is 28.3 Å². The maximum atomic E-state index is 12.7. The molecule has 0 aliphatic heterocycles. The highest BCUT2D eigenvalue weighted by molar-refractivity contribution is 7.71. The second-order valence-electron chi connectivity index (χ2n) is 5.21. The minimum Gasteiger partial charge on any atom is -0.361 e. The Morgan fingerprint density at radius 3 is 2.73 bits per heavy atom. The van der Waals surface area contributed by atoms with Crippen molar-refractivity contribution in [2.45, 2.75) is 0 Å². The van der Waals surface area contributed by atoms with Crippen molar-refractivity contribution < 1.29 is 4.57 Å². The summed E-state index contributed by atoms with van der Waals surface area (Å²) in [5, 5.41) is 5.20. The lowest BCUT2D eigenvalue weighted by Gasteiger charge is -2.16. The van der Waals surface area contributed by atoms with Gasteiger partial charge < -0.3 is 14.9 Å². The molecule has 0 amide bonds. The van der Waals surface area contributed by atoms with E-state index in [0.717, 1.165) is 16.2 Å². The van der Waals surface area contributed by atoms with Crippen LogP contribution in [0.4, 0.5) is 11.5 Å². The molecule has 0 saturated carbocycles. The van der Waals surface area contributed by atoms with Gasteiger partial charge in [0.1, 0.15) is 12.2 Å². The number of halogens is 2. The van der Waals surface area contributed by atoms with Gasteiger partial charge in [-0.3, -0.25) is 0 Å². The molecule has 1 aromatic carbocycles. The maximum absolute atomic E-state index is 12.7. The quantitative estimate of drug-likeness (QED) is 0.544. The van der Waals surface area contributed by atoms with Gasteiger partial charge in [0, 0.05) is 22.4 Å². The van der Waals surface area contributed by atoms with E-state index in [1.54, 1.807) is 13.3 Å². The first kappa shape index (κ1) is 15.3. The Kier molecular flexibility index (Phi) is 3.89. The molecule has 0 aliphatic rings. The number of rotatable bonds is 3. The average molecular weight is 355 g/mol. The van der Waals surface area contributed by atoms with E-state index in [9.17, 15) is 4.57 Å². The van der Waals surface area contributed by atoms with Gasteiger partial charge in [-0.05, 0) is 43.1 Å². The second-order valence-corrected chi connectivity index (χ2v) is 9.11. The molecule has 0 saturated heterocycles. The minimum absolute atomic E-state index is 0.0901. The van der Waals surface area contributed by atoms with Crippen molar-refractivity contribution in [3.05, 3.63) is 40.9 Å². The molecule has 2 aromatic heterocycles. The van der Waals surface area contributed by atoms with Crippen LogP contribution in [0.25, 0.3) is 10.9 Å².